The van der Waals surface area contributed by atoms with Crippen LogP contribution >= 0.6 is 0 Å². The van der Waals surface area contributed by atoms with E-state index in [1.807, 2.05) is 72.8 Å². The van der Waals surface area contributed by atoms with Crippen LogP contribution in [0.3, 0.4) is 0 Å². The second kappa shape index (κ2) is 13.4. The summed E-state index contributed by atoms with van der Waals surface area (Å²) < 4.78 is 5.19. The number of fused-ring (bicyclic) bond motifs is 1. The number of carboxylic acids is 1. The van der Waals surface area contributed by atoms with Crippen molar-refractivity contribution < 1.29 is 29.1 Å². The highest BCUT2D eigenvalue weighted by Crippen LogP contribution is 2.20. The Labute approximate surface area is 210 Å². The third kappa shape index (κ3) is 7.63. The number of aliphatic carboxylic acids is 1. The molecule has 8 heteroatoms. The van der Waals surface area contributed by atoms with Crippen LogP contribution in [0.1, 0.15) is 31.4 Å². The molecule has 190 valence electrons. The molecule has 0 radical (unpaired) electrons. The molecule has 3 rings (SSSR count). The summed E-state index contributed by atoms with van der Waals surface area (Å²) in [6, 6.07) is 21.5. The molecule has 0 aromatic heterocycles. The van der Waals surface area contributed by atoms with E-state index in [2.05, 4.69) is 5.32 Å². The lowest BCUT2D eigenvalue weighted by Crippen LogP contribution is -2.52. The predicted octanol–water partition coefficient (Wildman–Crippen LogP) is 3.73. The maximum atomic E-state index is 13.2. The van der Waals surface area contributed by atoms with Gasteiger partial charge < -0.3 is 9.84 Å². The molecule has 1 amide bonds. The quantitative estimate of drug-likeness (QED) is 0.277. The van der Waals surface area contributed by atoms with Crippen molar-refractivity contribution in [1.29, 1.82) is 0 Å². The highest BCUT2D eigenvalue weighted by Gasteiger charge is 2.29. The van der Waals surface area contributed by atoms with Gasteiger partial charge in [0.1, 0.15) is 19.2 Å². The first-order chi connectivity index (χ1) is 17.4. The van der Waals surface area contributed by atoms with Crippen molar-refractivity contribution in [3.8, 4) is 0 Å². The zero-order valence-electron chi connectivity index (χ0n) is 20.6. The Morgan fingerprint density at radius 2 is 1.67 bits per heavy atom. The van der Waals surface area contributed by atoms with Crippen LogP contribution in [0.25, 0.3) is 10.8 Å². The fourth-order valence-corrected chi connectivity index (χ4v) is 3.93. The first-order valence-corrected chi connectivity index (χ1v) is 12.0. The minimum atomic E-state index is -1.21. The van der Waals surface area contributed by atoms with Gasteiger partial charge in [-0.05, 0) is 48.6 Å². The van der Waals surface area contributed by atoms with Crippen LogP contribution in [0.4, 0.5) is 0 Å². The molecule has 0 spiro atoms. The van der Waals surface area contributed by atoms with Crippen molar-refractivity contribution in [2.24, 2.45) is 0 Å². The molecule has 0 aliphatic heterocycles. The third-order valence-corrected chi connectivity index (χ3v) is 5.74. The van der Waals surface area contributed by atoms with Crippen LogP contribution in [0.2, 0.25) is 0 Å². The largest absolute Gasteiger partial charge is 0.480 e. The van der Waals surface area contributed by atoms with Gasteiger partial charge in [-0.3, -0.25) is 24.5 Å². The Kier molecular flexibility index (Phi) is 9.97. The van der Waals surface area contributed by atoms with Crippen LogP contribution in [-0.2, 0) is 37.0 Å². The van der Waals surface area contributed by atoms with Crippen LogP contribution in [0.15, 0.2) is 72.8 Å². The Hall–Kier alpha value is -3.75. The molecule has 2 atom stereocenters. The number of aryl methyl sites for hydroxylation is 1. The van der Waals surface area contributed by atoms with Gasteiger partial charge in [0.2, 0.25) is 0 Å². The number of ether oxygens (including phenoxy) is 1. The SMILES string of the molecule is CCOC(=O)[C@H](CCc1ccccc1)N[C@@H](C)C(=O)N(CC(=O)O)OCc1cccc2ccccc12. The van der Waals surface area contributed by atoms with Gasteiger partial charge in [0.25, 0.3) is 5.91 Å². The molecule has 0 saturated heterocycles. The van der Waals surface area contributed by atoms with Gasteiger partial charge in [-0.15, -0.1) is 0 Å². The number of amides is 1. The average Bonchev–Trinajstić information content (AvgIpc) is 2.88. The number of rotatable bonds is 13. The molecule has 0 bridgehead atoms. The summed E-state index contributed by atoms with van der Waals surface area (Å²) in [6.45, 7) is 2.89. The summed E-state index contributed by atoms with van der Waals surface area (Å²) in [5.41, 5.74) is 1.88. The number of hydroxylamine groups is 2. The molecule has 0 unspecified atom stereocenters. The Morgan fingerprint density at radius 1 is 0.972 bits per heavy atom. The zero-order valence-corrected chi connectivity index (χ0v) is 20.6. The summed E-state index contributed by atoms with van der Waals surface area (Å²) in [7, 11) is 0. The first-order valence-electron chi connectivity index (χ1n) is 12.0. The first kappa shape index (κ1) is 26.8. The van der Waals surface area contributed by atoms with E-state index in [0.29, 0.717) is 12.8 Å². The lowest BCUT2D eigenvalue weighted by Gasteiger charge is -2.27. The second-order valence-corrected chi connectivity index (χ2v) is 8.40. The monoisotopic (exact) mass is 492 g/mol. The van der Waals surface area contributed by atoms with Gasteiger partial charge >= 0.3 is 11.9 Å². The van der Waals surface area contributed by atoms with E-state index in [-0.39, 0.29) is 13.2 Å². The van der Waals surface area contributed by atoms with Crippen LogP contribution in [0.5, 0.6) is 0 Å². The van der Waals surface area contributed by atoms with E-state index in [1.54, 1.807) is 13.8 Å². The number of esters is 1. The van der Waals surface area contributed by atoms with Gasteiger partial charge in [0.15, 0.2) is 0 Å². The Balaban J connectivity index is 1.69. The van der Waals surface area contributed by atoms with Crippen molar-refractivity contribution in [1.82, 2.24) is 10.4 Å². The number of carbonyl (C=O) groups excluding carboxylic acids is 2. The average molecular weight is 493 g/mol. The molecule has 0 aliphatic carbocycles. The molecule has 0 aliphatic rings. The molecule has 3 aromatic carbocycles. The third-order valence-electron chi connectivity index (χ3n) is 5.74. The van der Waals surface area contributed by atoms with Gasteiger partial charge in [-0.25, -0.2) is 5.06 Å². The van der Waals surface area contributed by atoms with Crippen molar-refractivity contribution >= 4 is 28.6 Å². The van der Waals surface area contributed by atoms with Crippen molar-refractivity contribution in [3.05, 3.63) is 83.9 Å². The second-order valence-electron chi connectivity index (χ2n) is 8.40. The Morgan fingerprint density at radius 3 is 2.39 bits per heavy atom. The number of hydrogen-bond acceptors (Lipinski definition) is 6. The van der Waals surface area contributed by atoms with Gasteiger partial charge in [-0.2, -0.15) is 0 Å². The highest BCUT2D eigenvalue weighted by molar-refractivity contribution is 5.86. The molecule has 0 heterocycles. The summed E-state index contributed by atoms with van der Waals surface area (Å²) in [5, 5.41) is 15.2. The zero-order chi connectivity index (χ0) is 25.9. The van der Waals surface area contributed by atoms with Crippen molar-refractivity contribution in [2.45, 2.75) is 45.4 Å². The summed E-state index contributed by atoms with van der Waals surface area (Å²) in [6.07, 6.45) is 1.02. The number of nitrogens with zero attached hydrogens (tertiary/aromatic N) is 1. The maximum absolute atomic E-state index is 13.2. The molecular formula is C28H32N2O6. The molecule has 0 saturated carbocycles. The van der Waals surface area contributed by atoms with E-state index in [4.69, 9.17) is 9.57 Å². The summed E-state index contributed by atoms with van der Waals surface area (Å²) >= 11 is 0. The maximum Gasteiger partial charge on any atom is 0.325 e. The number of nitrogens with one attached hydrogen (secondary N) is 1. The van der Waals surface area contributed by atoms with Crippen LogP contribution < -0.4 is 5.32 Å². The molecule has 36 heavy (non-hydrogen) atoms. The molecule has 8 nitrogen and oxygen atoms in total. The Bertz CT molecular complexity index is 1160. The van der Waals surface area contributed by atoms with Crippen molar-refractivity contribution in [3.63, 3.8) is 0 Å². The summed E-state index contributed by atoms with van der Waals surface area (Å²) in [5.74, 6) is -2.26. The van der Waals surface area contributed by atoms with Crippen LogP contribution in [-0.4, -0.2) is 53.3 Å². The van der Waals surface area contributed by atoms with E-state index in [1.165, 1.54) is 0 Å². The lowest BCUT2D eigenvalue weighted by molar-refractivity contribution is -0.198. The number of benzene rings is 3. The van der Waals surface area contributed by atoms with Crippen LogP contribution in [0, 0.1) is 0 Å². The minimum absolute atomic E-state index is 0.0163. The number of carboxylic acid groups (broad SMARTS) is 1. The van der Waals surface area contributed by atoms with E-state index in [9.17, 15) is 19.5 Å². The minimum Gasteiger partial charge on any atom is -0.480 e. The van der Waals surface area contributed by atoms with Crippen molar-refractivity contribution in [2.75, 3.05) is 13.2 Å². The molecular weight excluding hydrogens is 460 g/mol. The lowest BCUT2D eigenvalue weighted by atomic mass is 10.0. The normalized spacial score (nSPS) is 12.6. The standard InChI is InChI=1S/C28H32N2O6/c1-3-35-28(34)25(17-16-21-10-5-4-6-11-21)29-20(2)27(33)30(18-26(31)32)36-19-23-14-9-13-22-12-7-8-15-24(22)23/h4-15,20,25,29H,3,16-19H2,1-2H3,(H,31,32)/t20-,25-/m0/s1. The molecule has 3 aromatic rings. The van der Waals surface area contributed by atoms with E-state index >= 15 is 0 Å². The fraction of sp³-hybridized carbons (Fsp3) is 0.321. The number of hydrogen-bond donors (Lipinski definition) is 2. The van der Waals surface area contributed by atoms with Gasteiger partial charge in [0.05, 0.1) is 12.6 Å². The fourth-order valence-electron chi connectivity index (χ4n) is 3.93. The topological polar surface area (TPSA) is 105 Å². The molecule has 2 N–H and O–H groups in total. The van der Waals surface area contributed by atoms with Gasteiger partial charge in [-0.1, -0.05) is 72.8 Å². The summed E-state index contributed by atoms with van der Waals surface area (Å²) in [4.78, 5) is 42.9. The smallest absolute Gasteiger partial charge is 0.325 e. The highest BCUT2D eigenvalue weighted by atomic mass is 16.7. The van der Waals surface area contributed by atoms with E-state index < -0.39 is 36.5 Å². The van der Waals surface area contributed by atoms with Gasteiger partial charge in [0, 0.05) is 0 Å². The molecule has 0 fully saturated rings. The van der Waals surface area contributed by atoms with E-state index in [0.717, 1.165) is 27.0 Å². The predicted molar refractivity (Wildman–Crippen MR) is 136 cm³/mol. The number of carbonyl (C=O) groups is 3.